The van der Waals surface area contributed by atoms with Crippen molar-refractivity contribution in [1.82, 2.24) is 5.32 Å². The van der Waals surface area contributed by atoms with E-state index in [1.165, 1.54) is 7.11 Å². The number of ether oxygens (including phenoxy) is 2. The molecule has 5 heteroatoms. The van der Waals surface area contributed by atoms with Crippen molar-refractivity contribution in [3.8, 4) is 23.0 Å². The van der Waals surface area contributed by atoms with Crippen LogP contribution >= 0.6 is 0 Å². The Morgan fingerprint density at radius 1 is 0.955 bits per heavy atom. The average molecular weight is 301 g/mol. The number of hydrogen-bond acceptors (Lipinski definition) is 5. The first-order chi connectivity index (χ1) is 10.6. The maximum absolute atomic E-state index is 9.93. The summed E-state index contributed by atoms with van der Waals surface area (Å²) in [7, 11) is 3.07. The Morgan fingerprint density at radius 2 is 1.68 bits per heavy atom. The van der Waals surface area contributed by atoms with E-state index in [4.69, 9.17) is 9.47 Å². The molecule has 0 saturated carbocycles. The van der Waals surface area contributed by atoms with Crippen molar-refractivity contribution in [2.75, 3.05) is 14.2 Å². The number of fused-ring (bicyclic) bond motifs is 1. The molecular formula is C17H19NO4. The minimum atomic E-state index is 0.0806. The van der Waals surface area contributed by atoms with E-state index in [9.17, 15) is 10.2 Å². The SMILES string of the molecule is COc1ccc(C2Cc3cc(O)c(OC)cc3CN2)cc1O. The number of hydrogen-bond donors (Lipinski definition) is 3. The molecule has 1 aliphatic rings. The number of phenolic OH excluding ortho intramolecular Hbond substituents is 2. The van der Waals surface area contributed by atoms with E-state index >= 15 is 0 Å². The minimum Gasteiger partial charge on any atom is -0.504 e. The predicted octanol–water partition coefficient (Wildman–Crippen LogP) is 2.50. The second kappa shape index (κ2) is 5.77. The van der Waals surface area contributed by atoms with Crippen LogP contribution < -0.4 is 14.8 Å². The Balaban J connectivity index is 1.88. The normalized spacial score (nSPS) is 16.9. The number of phenols is 2. The van der Waals surface area contributed by atoms with Crippen LogP contribution in [0.15, 0.2) is 30.3 Å². The fourth-order valence-electron chi connectivity index (χ4n) is 2.86. The van der Waals surface area contributed by atoms with Gasteiger partial charge in [-0.2, -0.15) is 0 Å². The Kier molecular flexibility index (Phi) is 3.81. The highest BCUT2D eigenvalue weighted by molar-refractivity contribution is 5.49. The molecule has 0 aromatic heterocycles. The fourth-order valence-corrected chi connectivity index (χ4v) is 2.86. The number of benzene rings is 2. The summed E-state index contributed by atoms with van der Waals surface area (Å²) in [5.41, 5.74) is 3.18. The van der Waals surface area contributed by atoms with Crippen LogP contribution in [0.25, 0.3) is 0 Å². The van der Waals surface area contributed by atoms with Crippen molar-refractivity contribution in [3.63, 3.8) is 0 Å². The summed E-state index contributed by atoms with van der Waals surface area (Å²) in [6.07, 6.45) is 0.735. The van der Waals surface area contributed by atoms with Crippen LogP contribution in [0.3, 0.4) is 0 Å². The Hall–Kier alpha value is -2.40. The van der Waals surface area contributed by atoms with Crippen LogP contribution in [0, 0.1) is 0 Å². The fraction of sp³-hybridized carbons (Fsp3) is 0.294. The summed E-state index contributed by atoms with van der Waals surface area (Å²) in [5, 5.41) is 23.3. The van der Waals surface area contributed by atoms with Gasteiger partial charge < -0.3 is 25.0 Å². The second-order valence-electron chi connectivity index (χ2n) is 5.36. The quantitative estimate of drug-likeness (QED) is 0.812. The van der Waals surface area contributed by atoms with Gasteiger partial charge in [0.15, 0.2) is 23.0 Å². The van der Waals surface area contributed by atoms with Crippen molar-refractivity contribution >= 4 is 0 Å². The lowest BCUT2D eigenvalue weighted by molar-refractivity contribution is 0.369. The summed E-state index contributed by atoms with van der Waals surface area (Å²) in [6, 6.07) is 9.10. The van der Waals surface area contributed by atoms with Gasteiger partial charge in [-0.15, -0.1) is 0 Å². The highest BCUT2D eigenvalue weighted by Crippen LogP contribution is 2.36. The molecule has 0 saturated heterocycles. The molecule has 1 aliphatic heterocycles. The molecule has 0 spiro atoms. The third kappa shape index (κ3) is 2.55. The standard InChI is InChI=1S/C17H19NO4/c1-21-16-4-3-10(6-14(16)19)13-5-11-7-15(20)17(22-2)8-12(11)9-18-13/h3-4,6-8,13,18-20H,5,9H2,1-2H3. The lowest BCUT2D eigenvalue weighted by Gasteiger charge is -2.27. The van der Waals surface area contributed by atoms with Gasteiger partial charge in [0.05, 0.1) is 14.2 Å². The Morgan fingerprint density at radius 3 is 2.36 bits per heavy atom. The van der Waals surface area contributed by atoms with E-state index in [1.54, 1.807) is 25.3 Å². The largest absolute Gasteiger partial charge is 0.504 e. The number of rotatable bonds is 3. The number of methoxy groups -OCH3 is 2. The minimum absolute atomic E-state index is 0.0806. The highest BCUT2D eigenvalue weighted by Gasteiger charge is 2.22. The molecule has 1 heterocycles. The van der Waals surface area contributed by atoms with Crippen LogP contribution in [0.2, 0.25) is 0 Å². The zero-order valence-corrected chi connectivity index (χ0v) is 12.6. The van der Waals surface area contributed by atoms with Gasteiger partial charge in [0.25, 0.3) is 0 Å². The molecule has 1 atom stereocenters. The van der Waals surface area contributed by atoms with Crippen LogP contribution in [0.4, 0.5) is 0 Å². The van der Waals surface area contributed by atoms with Gasteiger partial charge in [-0.25, -0.2) is 0 Å². The van der Waals surface area contributed by atoms with Crippen molar-refractivity contribution in [2.45, 2.75) is 19.0 Å². The summed E-state index contributed by atoms with van der Waals surface area (Å²) < 4.78 is 10.2. The van der Waals surface area contributed by atoms with Gasteiger partial charge in [0, 0.05) is 12.6 Å². The third-order valence-corrected chi connectivity index (χ3v) is 4.07. The summed E-state index contributed by atoms with van der Waals surface area (Å²) in [5.74, 6) is 1.23. The van der Waals surface area contributed by atoms with Crippen molar-refractivity contribution < 1.29 is 19.7 Å². The second-order valence-corrected chi connectivity index (χ2v) is 5.36. The molecule has 0 bridgehead atoms. The van der Waals surface area contributed by atoms with Gasteiger partial charge in [-0.05, 0) is 47.4 Å². The predicted molar refractivity (Wildman–Crippen MR) is 82.6 cm³/mol. The molecule has 116 valence electrons. The first-order valence-electron chi connectivity index (χ1n) is 7.11. The smallest absolute Gasteiger partial charge is 0.160 e. The molecular weight excluding hydrogens is 282 g/mol. The van der Waals surface area contributed by atoms with E-state index in [-0.39, 0.29) is 17.5 Å². The van der Waals surface area contributed by atoms with Crippen LogP contribution in [-0.4, -0.2) is 24.4 Å². The van der Waals surface area contributed by atoms with Crippen molar-refractivity contribution in [3.05, 3.63) is 47.0 Å². The topological polar surface area (TPSA) is 71.0 Å². The van der Waals surface area contributed by atoms with E-state index < -0.39 is 0 Å². The summed E-state index contributed by atoms with van der Waals surface area (Å²) in [6.45, 7) is 0.684. The molecule has 5 nitrogen and oxygen atoms in total. The van der Waals surface area contributed by atoms with E-state index in [0.29, 0.717) is 18.0 Å². The van der Waals surface area contributed by atoms with Gasteiger partial charge in [-0.1, -0.05) is 6.07 Å². The summed E-state index contributed by atoms with van der Waals surface area (Å²) >= 11 is 0. The van der Waals surface area contributed by atoms with Gasteiger partial charge in [0.2, 0.25) is 0 Å². The third-order valence-electron chi connectivity index (χ3n) is 4.07. The Bertz CT molecular complexity index is 699. The maximum Gasteiger partial charge on any atom is 0.160 e. The van der Waals surface area contributed by atoms with Crippen LogP contribution in [-0.2, 0) is 13.0 Å². The molecule has 1 unspecified atom stereocenters. The molecule has 0 aliphatic carbocycles. The van der Waals surface area contributed by atoms with Crippen molar-refractivity contribution in [2.24, 2.45) is 0 Å². The molecule has 3 rings (SSSR count). The van der Waals surface area contributed by atoms with Crippen molar-refractivity contribution in [1.29, 1.82) is 0 Å². The molecule has 0 fully saturated rings. The van der Waals surface area contributed by atoms with Gasteiger partial charge >= 0.3 is 0 Å². The Labute approximate surface area is 129 Å². The molecule has 2 aromatic carbocycles. The number of aromatic hydroxyl groups is 2. The summed E-state index contributed by atoms with van der Waals surface area (Å²) in [4.78, 5) is 0. The molecule has 3 N–H and O–H groups in total. The van der Waals surface area contributed by atoms with E-state index in [2.05, 4.69) is 5.32 Å². The molecule has 22 heavy (non-hydrogen) atoms. The highest BCUT2D eigenvalue weighted by atomic mass is 16.5. The molecule has 0 radical (unpaired) electrons. The zero-order valence-electron chi connectivity index (χ0n) is 12.6. The lowest BCUT2D eigenvalue weighted by Crippen LogP contribution is -2.28. The lowest BCUT2D eigenvalue weighted by atomic mass is 9.91. The first-order valence-corrected chi connectivity index (χ1v) is 7.11. The monoisotopic (exact) mass is 301 g/mol. The van der Waals surface area contributed by atoms with Gasteiger partial charge in [-0.3, -0.25) is 0 Å². The van der Waals surface area contributed by atoms with E-state index in [0.717, 1.165) is 23.1 Å². The maximum atomic E-state index is 9.93. The average Bonchev–Trinajstić information content (AvgIpc) is 2.53. The molecule has 2 aromatic rings. The van der Waals surface area contributed by atoms with Gasteiger partial charge in [0.1, 0.15) is 0 Å². The van der Waals surface area contributed by atoms with Crippen LogP contribution in [0.5, 0.6) is 23.0 Å². The van der Waals surface area contributed by atoms with Crippen LogP contribution in [0.1, 0.15) is 22.7 Å². The zero-order chi connectivity index (χ0) is 15.7. The first kappa shape index (κ1) is 14.5. The van der Waals surface area contributed by atoms with E-state index in [1.807, 2.05) is 12.1 Å². The number of nitrogens with one attached hydrogen (secondary N) is 1. The molecule has 0 amide bonds.